The van der Waals surface area contributed by atoms with E-state index in [2.05, 4.69) is 0 Å². The maximum atomic E-state index is 12.2. The molecule has 2 N–H and O–H groups in total. The minimum absolute atomic E-state index is 0.0712. The number of thiocarbonyl (C=S) groups is 1. The van der Waals surface area contributed by atoms with Gasteiger partial charge in [-0.3, -0.25) is 0 Å². The maximum Gasteiger partial charge on any atom is 0.339 e. The smallest absolute Gasteiger partial charge is 0.339 e. The molecule has 0 amide bonds. The summed E-state index contributed by atoms with van der Waals surface area (Å²) < 4.78 is 29.8. The molecule has 0 atom stereocenters. The summed E-state index contributed by atoms with van der Waals surface area (Å²) in [6.45, 7) is 0.189. The summed E-state index contributed by atoms with van der Waals surface area (Å²) >= 11 is 5.20. The highest BCUT2D eigenvalue weighted by Crippen LogP contribution is 2.23. The molecule has 0 saturated carbocycles. The quantitative estimate of drug-likeness (QED) is 0.630. The number of carboxylic acids is 1. The molecule has 0 unspecified atom stereocenters. The fourth-order valence-electron chi connectivity index (χ4n) is 2.18. The van der Waals surface area contributed by atoms with Crippen molar-refractivity contribution in [3.8, 4) is 11.5 Å². The molecule has 0 aliphatic heterocycles. The molecule has 2 aromatic rings. The molecule has 6 nitrogen and oxygen atoms in total. The van der Waals surface area contributed by atoms with E-state index >= 15 is 0 Å². The summed E-state index contributed by atoms with van der Waals surface area (Å²) in [5.74, 6) is -1.38. The van der Waals surface area contributed by atoms with E-state index < -0.39 is 15.8 Å². The van der Waals surface area contributed by atoms with Crippen LogP contribution in [-0.4, -0.2) is 41.8 Å². The summed E-state index contributed by atoms with van der Waals surface area (Å²) in [6.07, 6.45) is 0.606. The Morgan fingerprint density at radius 1 is 1.08 bits per heavy atom. The number of sulfone groups is 1. The zero-order chi connectivity index (χ0) is 19.2. The Morgan fingerprint density at radius 3 is 2.42 bits per heavy atom. The number of carbonyl (C=O) groups is 1. The number of phenols is 1. The minimum atomic E-state index is -3.37. The van der Waals surface area contributed by atoms with Crippen molar-refractivity contribution in [1.82, 2.24) is 0 Å². The van der Waals surface area contributed by atoms with Crippen LogP contribution in [0.2, 0.25) is 0 Å². The minimum Gasteiger partial charge on any atom is -0.507 e. The van der Waals surface area contributed by atoms with Crippen molar-refractivity contribution in [2.24, 2.45) is 0 Å². The fraction of sp³-hybridized carbons (Fsp3) is 0.222. The lowest BCUT2D eigenvalue weighted by Crippen LogP contribution is -2.12. The molecule has 0 spiro atoms. The Hall–Kier alpha value is -2.45. The lowest BCUT2D eigenvalue weighted by atomic mass is 10.2. The number of aromatic hydroxyl groups is 1. The largest absolute Gasteiger partial charge is 0.507 e. The molecule has 2 aromatic carbocycles. The van der Waals surface area contributed by atoms with Crippen molar-refractivity contribution in [3.05, 3.63) is 54.1 Å². The molecule has 8 heteroatoms. The van der Waals surface area contributed by atoms with Crippen molar-refractivity contribution in [3.63, 3.8) is 0 Å². The highest BCUT2D eigenvalue weighted by Gasteiger charge is 2.15. The average molecular weight is 394 g/mol. The summed E-state index contributed by atoms with van der Waals surface area (Å²) in [5.41, 5.74) is -0.251. The number of hydrogen-bond acceptors (Lipinski definition) is 6. The first-order chi connectivity index (χ1) is 12.3. The fourth-order valence-corrected chi connectivity index (χ4v) is 3.82. The number of rotatable bonds is 9. The van der Waals surface area contributed by atoms with Crippen LogP contribution >= 0.6 is 12.2 Å². The van der Waals surface area contributed by atoms with E-state index in [1.54, 1.807) is 30.3 Å². The third kappa shape index (κ3) is 5.53. The number of benzene rings is 2. The van der Waals surface area contributed by atoms with Crippen LogP contribution in [0.15, 0.2) is 53.4 Å². The standard InChI is InChI=1S/C18H18O6S2/c19-17-7-6-13(12-16(17)18(20)21)24-10-8-14(25)9-11-26(22,23)15-4-2-1-3-5-15/h1-7,12,19H,8-11H2,(H,20,21). The van der Waals surface area contributed by atoms with E-state index in [9.17, 15) is 18.3 Å². The van der Waals surface area contributed by atoms with Gasteiger partial charge < -0.3 is 14.9 Å². The van der Waals surface area contributed by atoms with Crippen LogP contribution in [0, 0.1) is 0 Å². The van der Waals surface area contributed by atoms with Crippen LogP contribution in [0.25, 0.3) is 0 Å². The number of carboxylic acid groups (broad SMARTS) is 1. The maximum absolute atomic E-state index is 12.2. The molecule has 0 saturated heterocycles. The predicted octanol–water partition coefficient (Wildman–Crippen LogP) is 3.09. The number of hydrogen-bond donors (Lipinski definition) is 2. The van der Waals surface area contributed by atoms with Crippen LogP contribution in [0.5, 0.6) is 11.5 Å². The molecule has 26 heavy (non-hydrogen) atoms. The van der Waals surface area contributed by atoms with Gasteiger partial charge in [-0.25, -0.2) is 13.2 Å². The first kappa shape index (κ1) is 19.9. The summed E-state index contributed by atoms with van der Waals surface area (Å²) in [7, 11) is -3.37. The van der Waals surface area contributed by atoms with Gasteiger partial charge in [0, 0.05) is 6.42 Å². The molecule has 0 fully saturated rings. The van der Waals surface area contributed by atoms with E-state index in [0.717, 1.165) is 0 Å². The van der Waals surface area contributed by atoms with Crippen molar-refractivity contribution in [2.45, 2.75) is 17.7 Å². The van der Waals surface area contributed by atoms with Gasteiger partial charge in [-0.15, -0.1) is 0 Å². The first-order valence-corrected chi connectivity index (χ1v) is 9.84. The highest BCUT2D eigenvalue weighted by atomic mass is 32.2. The molecule has 138 valence electrons. The Kier molecular flexibility index (Phi) is 6.70. The summed E-state index contributed by atoms with van der Waals surface area (Å²) in [4.78, 5) is 11.8. The molecule has 0 aliphatic rings. The van der Waals surface area contributed by atoms with Gasteiger partial charge in [0.25, 0.3) is 0 Å². The molecule has 0 heterocycles. The SMILES string of the molecule is O=C(O)c1cc(OCCC(=S)CCS(=O)(=O)c2ccccc2)ccc1O. The molecule has 0 radical (unpaired) electrons. The molecule has 0 aliphatic carbocycles. The lowest BCUT2D eigenvalue weighted by molar-refractivity contribution is 0.0693. The van der Waals surface area contributed by atoms with Crippen LogP contribution in [0.1, 0.15) is 23.2 Å². The molecular formula is C18H18O6S2. The zero-order valence-electron chi connectivity index (χ0n) is 13.8. The molecule has 0 aromatic heterocycles. The van der Waals surface area contributed by atoms with Crippen molar-refractivity contribution >= 4 is 32.9 Å². The Morgan fingerprint density at radius 2 is 1.77 bits per heavy atom. The Bertz CT molecular complexity index is 891. The van der Waals surface area contributed by atoms with Gasteiger partial charge >= 0.3 is 5.97 Å². The van der Waals surface area contributed by atoms with Gasteiger partial charge in [-0.05, 0) is 41.6 Å². The van der Waals surface area contributed by atoms with E-state index in [-0.39, 0.29) is 35.0 Å². The van der Waals surface area contributed by atoms with Gasteiger partial charge in [-0.2, -0.15) is 0 Å². The summed E-state index contributed by atoms with van der Waals surface area (Å²) in [5, 5.41) is 18.4. The van der Waals surface area contributed by atoms with E-state index in [0.29, 0.717) is 17.0 Å². The van der Waals surface area contributed by atoms with Crippen molar-refractivity contribution < 1.29 is 28.2 Å². The second-order valence-corrected chi connectivity index (χ2v) is 8.19. The van der Waals surface area contributed by atoms with Crippen LogP contribution in [-0.2, 0) is 9.84 Å². The first-order valence-electron chi connectivity index (χ1n) is 7.78. The monoisotopic (exact) mass is 394 g/mol. The highest BCUT2D eigenvalue weighted by molar-refractivity contribution is 7.91. The van der Waals surface area contributed by atoms with Gasteiger partial charge in [0.15, 0.2) is 9.84 Å². The zero-order valence-corrected chi connectivity index (χ0v) is 15.4. The topological polar surface area (TPSA) is 101 Å². The van der Waals surface area contributed by atoms with E-state index in [4.69, 9.17) is 22.1 Å². The Balaban J connectivity index is 1.83. The van der Waals surface area contributed by atoms with E-state index in [1.165, 1.54) is 18.2 Å². The second-order valence-electron chi connectivity index (χ2n) is 5.50. The second kappa shape index (κ2) is 8.77. The van der Waals surface area contributed by atoms with E-state index in [1.807, 2.05) is 0 Å². The molecular weight excluding hydrogens is 376 g/mol. The summed E-state index contributed by atoms with van der Waals surface area (Å²) in [6, 6.07) is 12.1. The van der Waals surface area contributed by atoms with Crippen LogP contribution in [0.3, 0.4) is 0 Å². The third-order valence-corrected chi connectivity index (χ3v) is 5.74. The number of ether oxygens (including phenoxy) is 1. The van der Waals surface area contributed by atoms with Crippen LogP contribution < -0.4 is 4.74 Å². The van der Waals surface area contributed by atoms with Gasteiger partial charge in [-0.1, -0.05) is 30.4 Å². The lowest BCUT2D eigenvalue weighted by Gasteiger charge is -2.09. The van der Waals surface area contributed by atoms with Gasteiger partial charge in [0.05, 0.1) is 17.3 Å². The van der Waals surface area contributed by atoms with Crippen molar-refractivity contribution in [2.75, 3.05) is 12.4 Å². The predicted molar refractivity (Wildman–Crippen MR) is 101 cm³/mol. The van der Waals surface area contributed by atoms with Crippen LogP contribution in [0.4, 0.5) is 0 Å². The molecule has 2 rings (SSSR count). The average Bonchev–Trinajstić information content (AvgIpc) is 2.62. The molecule has 0 bridgehead atoms. The van der Waals surface area contributed by atoms with Crippen molar-refractivity contribution in [1.29, 1.82) is 0 Å². The van der Waals surface area contributed by atoms with Gasteiger partial charge in [0.1, 0.15) is 17.1 Å². The third-order valence-electron chi connectivity index (χ3n) is 3.60. The van der Waals surface area contributed by atoms with Gasteiger partial charge in [0.2, 0.25) is 0 Å². The Labute approximate surface area is 157 Å². The normalized spacial score (nSPS) is 11.1. The number of aromatic carboxylic acids is 1.